The van der Waals surface area contributed by atoms with E-state index in [1.807, 2.05) is 44.2 Å². The Kier molecular flexibility index (Phi) is 3.09. The van der Waals surface area contributed by atoms with Crippen LogP contribution in [0.3, 0.4) is 0 Å². The van der Waals surface area contributed by atoms with Crippen LogP contribution in [0.5, 0.6) is 0 Å². The summed E-state index contributed by atoms with van der Waals surface area (Å²) in [5.74, 6) is 0.378. The predicted octanol–water partition coefficient (Wildman–Crippen LogP) is 2.54. The fourth-order valence-electron chi connectivity index (χ4n) is 2.47. The highest BCUT2D eigenvalue weighted by Crippen LogP contribution is 2.35. The van der Waals surface area contributed by atoms with Crippen molar-refractivity contribution in [3.05, 3.63) is 58.8 Å². The molecule has 3 heteroatoms. The van der Waals surface area contributed by atoms with Crippen LogP contribution in [-0.4, -0.2) is 10.1 Å². The SMILES string of the molecule is Cc1ccccc1C(C)(O)c1c(C)ccnc1N. The molecule has 1 aromatic carbocycles. The fraction of sp³-hybridized carbons (Fsp3) is 0.267. The molecule has 1 heterocycles. The van der Waals surface area contributed by atoms with E-state index in [4.69, 9.17) is 5.73 Å². The van der Waals surface area contributed by atoms with Gasteiger partial charge in [-0.3, -0.25) is 0 Å². The Morgan fingerprint density at radius 2 is 1.78 bits per heavy atom. The molecule has 0 radical (unpaired) electrons. The lowest BCUT2D eigenvalue weighted by Gasteiger charge is -2.28. The third-order valence-corrected chi connectivity index (χ3v) is 3.34. The molecule has 2 rings (SSSR count). The average Bonchev–Trinajstić information content (AvgIpc) is 2.28. The molecule has 0 amide bonds. The molecule has 94 valence electrons. The monoisotopic (exact) mass is 242 g/mol. The lowest BCUT2D eigenvalue weighted by Crippen LogP contribution is -2.27. The molecular weight excluding hydrogens is 224 g/mol. The van der Waals surface area contributed by atoms with Crippen molar-refractivity contribution in [2.24, 2.45) is 0 Å². The summed E-state index contributed by atoms with van der Waals surface area (Å²) in [6.45, 7) is 5.67. The van der Waals surface area contributed by atoms with Crippen LogP contribution in [0.4, 0.5) is 5.82 Å². The first-order valence-corrected chi connectivity index (χ1v) is 5.94. The number of hydrogen-bond acceptors (Lipinski definition) is 3. The Bertz CT molecular complexity index is 556. The quantitative estimate of drug-likeness (QED) is 0.850. The van der Waals surface area contributed by atoms with Crippen LogP contribution < -0.4 is 5.73 Å². The number of aliphatic hydroxyl groups is 1. The van der Waals surface area contributed by atoms with Crippen molar-refractivity contribution in [2.75, 3.05) is 5.73 Å². The Balaban J connectivity index is 2.66. The van der Waals surface area contributed by atoms with Crippen LogP contribution >= 0.6 is 0 Å². The van der Waals surface area contributed by atoms with Crippen molar-refractivity contribution in [1.82, 2.24) is 4.98 Å². The van der Waals surface area contributed by atoms with Crippen LogP contribution in [0.1, 0.15) is 29.2 Å². The van der Waals surface area contributed by atoms with Crippen LogP contribution in [0.15, 0.2) is 36.5 Å². The minimum atomic E-state index is -1.13. The summed E-state index contributed by atoms with van der Waals surface area (Å²) in [5.41, 5.74) is 8.30. The van der Waals surface area contributed by atoms with E-state index in [0.29, 0.717) is 11.4 Å². The van der Waals surface area contributed by atoms with E-state index < -0.39 is 5.60 Å². The number of nitrogens with zero attached hydrogens (tertiary/aromatic N) is 1. The molecule has 0 saturated heterocycles. The fourth-order valence-corrected chi connectivity index (χ4v) is 2.47. The van der Waals surface area contributed by atoms with E-state index in [-0.39, 0.29) is 0 Å². The second-order valence-electron chi connectivity index (χ2n) is 4.78. The minimum absolute atomic E-state index is 0.378. The van der Waals surface area contributed by atoms with Crippen molar-refractivity contribution in [2.45, 2.75) is 26.4 Å². The molecular formula is C15H18N2O. The van der Waals surface area contributed by atoms with Gasteiger partial charge >= 0.3 is 0 Å². The van der Waals surface area contributed by atoms with Gasteiger partial charge in [0.1, 0.15) is 11.4 Å². The summed E-state index contributed by atoms with van der Waals surface area (Å²) in [6, 6.07) is 9.62. The summed E-state index contributed by atoms with van der Waals surface area (Å²) in [6.07, 6.45) is 1.65. The van der Waals surface area contributed by atoms with E-state index in [1.54, 1.807) is 13.1 Å². The van der Waals surface area contributed by atoms with E-state index in [1.165, 1.54) is 0 Å². The van der Waals surface area contributed by atoms with E-state index in [2.05, 4.69) is 4.98 Å². The lowest BCUT2D eigenvalue weighted by atomic mass is 9.84. The topological polar surface area (TPSA) is 59.1 Å². The van der Waals surface area contributed by atoms with Crippen LogP contribution in [-0.2, 0) is 5.60 Å². The normalized spacial score (nSPS) is 14.2. The number of rotatable bonds is 2. The Labute approximate surface area is 107 Å². The molecule has 0 saturated carbocycles. The molecule has 1 unspecified atom stereocenters. The van der Waals surface area contributed by atoms with Gasteiger partial charge in [-0.05, 0) is 43.5 Å². The molecule has 0 aliphatic rings. The third-order valence-electron chi connectivity index (χ3n) is 3.34. The van der Waals surface area contributed by atoms with Gasteiger partial charge in [0.15, 0.2) is 0 Å². The summed E-state index contributed by atoms with van der Waals surface area (Å²) in [7, 11) is 0. The minimum Gasteiger partial charge on any atom is -0.383 e. The zero-order valence-corrected chi connectivity index (χ0v) is 10.9. The highest BCUT2D eigenvalue weighted by atomic mass is 16.3. The zero-order chi connectivity index (χ0) is 13.3. The Morgan fingerprint density at radius 1 is 1.11 bits per heavy atom. The number of benzene rings is 1. The Morgan fingerprint density at radius 3 is 2.39 bits per heavy atom. The molecule has 2 aromatic rings. The molecule has 0 fully saturated rings. The maximum absolute atomic E-state index is 10.9. The molecule has 0 aliphatic heterocycles. The highest BCUT2D eigenvalue weighted by molar-refractivity contribution is 5.53. The van der Waals surface area contributed by atoms with Crippen molar-refractivity contribution in [1.29, 1.82) is 0 Å². The predicted molar refractivity (Wildman–Crippen MR) is 73.2 cm³/mol. The maximum Gasteiger partial charge on any atom is 0.130 e. The summed E-state index contributed by atoms with van der Waals surface area (Å²) in [4.78, 5) is 4.08. The van der Waals surface area contributed by atoms with Crippen LogP contribution in [0.25, 0.3) is 0 Å². The van der Waals surface area contributed by atoms with Gasteiger partial charge in [0.25, 0.3) is 0 Å². The first kappa shape index (κ1) is 12.6. The molecule has 3 N–H and O–H groups in total. The third kappa shape index (κ3) is 1.97. The second kappa shape index (κ2) is 4.42. The van der Waals surface area contributed by atoms with Gasteiger partial charge in [-0.15, -0.1) is 0 Å². The smallest absolute Gasteiger partial charge is 0.130 e. The van der Waals surface area contributed by atoms with Crippen LogP contribution in [0, 0.1) is 13.8 Å². The van der Waals surface area contributed by atoms with Gasteiger partial charge in [0, 0.05) is 11.8 Å². The van der Waals surface area contributed by atoms with Crippen LogP contribution in [0.2, 0.25) is 0 Å². The lowest BCUT2D eigenvalue weighted by molar-refractivity contribution is 0.101. The zero-order valence-electron chi connectivity index (χ0n) is 10.9. The summed E-state index contributed by atoms with van der Waals surface area (Å²) >= 11 is 0. The van der Waals surface area contributed by atoms with E-state index in [0.717, 1.165) is 16.7 Å². The summed E-state index contributed by atoms with van der Waals surface area (Å²) in [5, 5.41) is 10.9. The van der Waals surface area contributed by atoms with E-state index in [9.17, 15) is 5.11 Å². The van der Waals surface area contributed by atoms with Gasteiger partial charge < -0.3 is 10.8 Å². The van der Waals surface area contributed by atoms with Gasteiger partial charge in [0.2, 0.25) is 0 Å². The molecule has 3 nitrogen and oxygen atoms in total. The van der Waals surface area contributed by atoms with Gasteiger partial charge in [-0.1, -0.05) is 24.3 Å². The number of anilines is 1. The maximum atomic E-state index is 10.9. The molecule has 1 atom stereocenters. The van der Waals surface area contributed by atoms with Crippen molar-refractivity contribution >= 4 is 5.82 Å². The van der Waals surface area contributed by atoms with Crippen molar-refractivity contribution < 1.29 is 5.11 Å². The van der Waals surface area contributed by atoms with Gasteiger partial charge in [-0.25, -0.2) is 4.98 Å². The Hall–Kier alpha value is -1.87. The van der Waals surface area contributed by atoms with Crippen molar-refractivity contribution in [3.63, 3.8) is 0 Å². The number of nitrogen functional groups attached to an aromatic ring is 1. The molecule has 0 spiro atoms. The molecule has 0 aliphatic carbocycles. The van der Waals surface area contributed by atoms with Gasteiger partial charge in [0.05, 0.1) is 0 Å². The molecule has 0 bridgehead atoms. The highest BCUT2D eigenvalue weighted by Gasteiger charge is 2.31. The number of pyridine rings is 1. The molecule has 1 aromatic heterocycles. The first-order valence-electron chi connectivity index (χ1n) is 5.94. The van der Waals surface area contributed by atoms with E-state index >= 15 is 0 Å². The largest absolute Gasteiger partial charge is 0.383 e. The van der Waals surface area contributed by atoms with Crippen molar-refractivity contribution in [3.8, 4) is 0 Å². The second-order valence-corrected chi connectivity index (χ2v) is 4.78. The number of hydrogen-bond donors (Lipinski definition) is 2. The number of aromatic nitrogens is 1. The number of nitrogens with two attached hydrogens (primary N) is 1. The first-order chi connectivity index (χ1) is 8.44. The standard InChI is InChI=1S/C15H18N2O/c1-10-6-4-5-7-12(10)15(3,18)13-11(2)8-9-17-14(13)16/h4-9,18H,1-3H3,(H2,16,17). The average molecular weight is 242 g/mol. The van der Waals surface area contributed by atoms with Gasteiger partial charge in [-0.2, -0.15) is 0 Å². The number of aryl methyl sites for hydroxylation is 2. The summed E-state index contributed by atoms with van der Waals surface area (Å²) < 4.78 is 0. The molecule has 18 heavy (non-hydrogen) atoms.